The van der Waals surface area contributed by atoms with Crippen molar-refractivity contribution in [1.29, 1.82) is 0 Å². The van der Waals surface area contributed by atoms with Crippen LogP contribution in [0.1, 0.15) is 29.2 Å². The highest BCUT2D eigenvalue weighted by atomic mass is 32.2. The highest BCUT2D eigenvalue weighted by Crippen LogP contribution is 2.41. The summed E-state index contributed by atoms with van der Waals surface area (Å²) in [6, 6.07) is 14.2. The third-order valence-corrected chi connectivity index (χ3v) is 7.12. The summed E-state index contributed by atoms with van der Waals surface area (Å²) in [5, 5.41) is 8.52. The average Bonchev–Trinajstić information content (AvgIpc) is 3.33. The molecule has 0 fully saturated rings. The Kier molecular flexibility index (Phi) is 4.75. The van der Waals surface area contributed by atoms with Crippen LogP contribution in [-0.2, 0) is 4.79 Å². The van der Waals surface area contributed by atoms with Crippen LogP contribution in [0.4, 0.5) is 5.82 Å². The molecule has 6 nitrogen and oxygen atoms in total. The Hall–Kier alpha value is -2.84. The summed E-state index contributed by atoms with van der Waals surface area (Å²) in [7, 11) is 1.65. The first kappa shape index (κ1) is 19.1. The van der Waals surface area contributed by atoms with E-state index in [-0.39, 0.29) is 11.8 Å². The maximum Gasteiger partial charge on any atom is 0.226 e. The fourth-order valence-corrected chi connectivity index (χ4v) is 5.28. The second kappa shape index (κ2) is 7.45. The van der Waals surface area contributed by atoms with Crippen molar-refractivity contribution in [1.82, 2.24) is 14.8 Å². The number of hydrogen-bond acceptors (Lipinski definition) is 6. The molecule has 152 valence electrons. The van der Waals surface area contributed by atoms with Gasteiger partial charge >= 0.3 is 0 Å². The highest BCUT2D eigenvalue weighted by molar-refractivity contribution is 7.98. The molecule has 0 saturated heterocycles. The van der Waals surface area contributed by atoms with E-state index in [0.717, 1.165) is 37.9 Å². The van der Waals surface area contributed by atoms with Gasteiger partial charge in [-0.2, -0.15) is 9.78 Å². The van der Waals surface area contributed by atoms with Crippen LogP contribution in [0.3, 0.4) is 0 Å². The number of rotatable bonds is 4. The first-order chi connectivity index (χ1) is 14.6. The van der Waals surface area contributed by atoms with Gasteiger partial charge in [-0.15, -0.1) is 11.8 Å². The van der Waals surface area contributed by atoms with E-state index >= 15 is 0 Å². The smallest absolute Gasteiger partial charge is 0.226 e. The fourth-order valence-electron chi connectivity index (χ4n) is 3.92. The summed E-state index contributed by atoms with van der Waals surface area (Å²) in [4.78, 5) is 18.5. The summed E-state index contributed by atoms with van der Waals surface area (Å²) in [6.45, 7) is 1.99. The number of fused-ring (bicyclic) bond motifs is 2. The number of methoxy groups -OCH3 is 1. The zero-order valence-electron chi connectivity index (χ0n) is 16.8. The normalized spacial score (nSPS) is 15.8. The van der Waals surface area contributed by atoms with Gasteiger partial charge in [0, 0.05) is 22.8 Å². The Morgan fingerprint density at radius 1 is 1.23 bits per heavy atom. The molecular weight excluding hydrogens is 416 g/mol. The van der Waals surface area contributed by atoms with Crippen LogP contribution in [-0.4, -0.2) is 34.0 Å². The molecule has 4 aromatic rings. The number of nitrogens with one attached hydrogen (secondary N) is 1. The predicted octanol–water partition coefficient (Wildman–Crippen LogP) is 5.00. The number of ether oxygens (including phenoxy) is 1. The summed E-state index contributed by atoms with van der Waals surface area (Å²) in [6.07, 6.45) is 2.47. The Morgan fingerprint density at radius 2 is 2.03 bits per heavy atom. The lowest BCUT2D eigenvalue weighted by molar-refractivity contribution is -0.116. The quantitative estimate of drug-likeness (QED) is 0.456. The minimum Gasteiger partial charge on any atom is -0.497 e. The number of anilines is 1. The monoisotopic (exact) mass is 436 g/mol. The number of benzene rings is 2. The minimum absolute atomic E-state index is 0.00891. The van der Waals surface area contributed by atoms with E-state index in [4.69, 9.17) is 14.8 Å². The number of nitrogens with zero attached hydrogens (tertiary/aromatic N) is 3. The number of aryl methyl sites for hydroxylation is 1. The molecule has 2 aromatic carbocycles. The van der Waals surface area contributed by atoms with Crippen molar-refractivity contribution in [3.8, 4) is 10.9 Å². The standard InChI is InChI=1S/C22H20N4O2S2/c1-12-20-16(13-4-7-15(29-3)8-5-13)11-19(27)24-21(20)26(25-12)22-23-17-9-6-14(28-2)10-18(17)30-22/h4-10,16H,11H2,1-3H3,(H,24,27)/t16-/m1/s1. The van der Waals surface area contributed by atoms with Crippen LogP contribution >= 0.6 is 23.1 Å². The molecule has 1 amide bonds. The lowest BCUT2D eigenvalue weighted by atomic mass is 9.86. The minimum atomic E-state index is -0.0205. The second-order valence-corrected chi connectivity index (χ2v) is 9.06. The van der Waals surface area contributed by atoms with Crippen LogP contribution in [0.2, 0.25) is 0 Å². The summed E-state index contributed by atoms with van der Waals surface area (Å²) >= 11 is 3.23. The zero-order valence-corrected chi connectivity index (χ0v) is 18.4. The topological polar surface area (TPSA) is 69.0 Å². The van der Waals surface area contributed by atoms with Gasteiger partial charge < -0.3 is 10.1 Å². The number of carbonyl (C=O) groups excluding carboxylic acids is 1. The number of aromatic nitrogens is 3. The predicted molar refractivity (Wildman–Crippen MR) is 121 cm³/mol. The van der Waals surface area contributed by atoms with Crippen molar-refractivity contribution in [2.75, 3.05) is 18.7 Å². The SMILES string of the molecule is COc1ccc2nc(-n3nc(C)c4c3NC(=O)C[C@@H]4c3ccc(SC)cc3)sc2c1. The molecule has 3 heterocycles. The maximum atomic E-state index is 12.6. The lowest BCUT2D eigenvalue weighted by Crippen LogP contribution is -2.24. The molecule has 5 rings (SSSR count). The van der Waals surface area contributed by atoms with Gasteiger partial charge in [0.15, 0.2) is 0 Å². The van der Waals surface area contributed by atoms with Crippen molar-refractivity contribution < 1.29 is 9.53 Å². The lowest BCUT2D eigenvalue weighted by Gasteiger charge is -2.24. The molecule has 1 atom stereocenters. The van der Waals surface area contributed by atoms with E-state index in [9.17, 15) is 4.79 Å². The maximum absolute atomic E-state index is 12.6. The summed E-state index contributed by atoms with van der Waals surface area (Å²) in [5.41, 5.74) is 3.97. The van der Waals surface area contributed by atoms with Gasteiger partial charge in [0.1, 0.15) is 11.6 Å². The third kappa shape index (κ3) is 3.16. The molecule has 1 aliphatic heterocycles. The average molecular weight is 437 g/mol. The van der Waals surface area contributed by atoms with Gasteiger partial charge in [-0.1, -0.05) is 23.5 Å². The molecule has 0 unspecified atom stereocenters. The Labute approximate surface area is 182 Å². The largest absolute Gasteiger partial charge is 0.497 e. The molecule has 2 aromatic heterocycles. The van der Waals surface area contributed by atoms with Crippen LogP contribution in [0, 0.1) is 6.92 Å². The number of thiazole rings is 1. The molecule has 0 radical (unpaired) electrons. The summed E-state index contributed by atoms with van der Waals surface area (Å²) < 4.78 is 8.10. The van der Waals surface area contributed by atoms with E-state index in [2.05, 4.69) is 35.8 Å². The van der Waals surface area contributed by atoms with Gasteiger partial charge in [-0.25, -0.2) is 4.98 Å². The Balaban J connectivity index is 1.62. The highest BCUT2D eigenvalue weighted by Gasteiger charge is 2.33. The van der Waals surface area contributed by atoms with Gasteiger partial charge in [-0.3, -0.25) is 4.79 Å². The van der Waals surface area contributed by atoms with Gasteiger partial charge in [0.25, 0.3) is 0 Å². The molecule has 0 aliphatic carbocycles. The van der Waals surface area contributed by atoms with Crippen molar-refractivity contribution in [3.05, 3.63) is 59.3 Å². The van der Waals surface area contributed by atoms with E-state index < -0.39 is 0 Å². The Bertz CT molecular complexity index is 1260. The van der Waals surface area contributed by atoms with Crippen LogP contribution in [0.25, 0.3) is 15.3 Å². The molecular formula is C22H20N4O2S2. The van der Waals surface area contributed by atoms with E-state index in [1.807, 2.05) is 25.1 Å². The van der Waals surface area contributed by atoms with E-state index in [0.29, 0.717) is 12.2 Å². The van der Waals surface area contributed by atoms with Crippen LogP contribution < -0.4 is 10.1 Å². The fraction of sp³-hybridized carbons (Fsp3) is 0.227. The van der Waals surface area contributed by atoms with Crippen LogP contribution in [0.15, 0.2) is 47.4 Å². The number of thioether (sulfide) groups is 1. The molecule has 0 bridgehead atoms. The van der Waals surface area contributed by atoms with Gasteiger partial charge in [-0.05, 0) is 49.1 Å². The molecule has 0 saturated carbocycles. The van der Waals surface area contributed by atoms with Crippen molar-refractivity contribution >= 4 is 45.0 Å². The molecule has 8 heteroatoms. The number of carbonyl (C=O) groups is 1. The van der Waals surface area contributed by atoms with Crippen molar-refractivity contribution in [2.24, 2.45) is 0 Å². The molecule has 30 heavy (non-hydrogen) atoms. The second-order valence-electron chi connectivity index (χ2n) is 7.17. The molecule has 1 N–H and O–H groups in total. The van der Waals surface area contributed by atoms with E-state index in [1.54, 1.807) is 23.6 Å². The van der Waals surface area contributed by atoms with E-state index in [1.165, 1.54) is 16.2 Å². The number of hydrogen-bond donors (Lipinski definition) is 1. The van der Waals surface area contributed by atoms with Crippen molar-refractivity contribution in [2.45, 2.75) is 24.2 Å². The molecule has 1 aliphatic rings. The molecule has 0 spiro atoms. The van der Waals surface area contributed by atoms with Crippen molar-refractivity contribution in [3.63, 3.8) is 0 Å². The first-order valence-electron chi connectivity index (χ1n) is 9.55. The third-order valence-electron chi connectivity index (χ3n) is 5.39. The van der Waals surface area contributed by atoms with Crippen LogP contribution in [0.5, 0.6) is 5.75 Å². The van der Waals surface area contributed by atoms with Gasteiger partial charge in [0.05, 0.1) is 23.0 Å². The summed E-state index contributed by atoms with van der Waals surface area (Å²) in [5.74, 6) is 1.48. The van der Waals surface area contributed by atoms with Gasteiger partial charge in [0.2, 0.25) is 11.0 Å². The number of amides is 1. The zero-order chi connectivity index (χ0) is 20.8. The first-order valence-corrected chi connectivity index (χ1v) is 11.6. The Morgan fingerprint density at radius 3 is 2.77 bits per heavy atom.